The lowest BCUT2D eigenvalue weighted by atomic mass is 10.1. The second kappa shape index (κ2) is 16.7. The first-order chi connectivity index (χ1) is 12.0. The number of carbonyl (C=O) groups is 1. The highest BCUT2D eigenvalue weighted by atomic mass is 16.6. The maximum Gasteiger partial charge on any atom is 0.407 e. The van der Waals surface area contributed by atoms with E-state index in [0.717, 1.165) is 25.9 Å². The lowest BCUT2D eigenvalue weighted by Crippen LogP contribution is -2.33. The molecule has 0 fully saturated rings. The monoisotopic (exact) mass is 356 g/mol. The summed E-state index contributed by atoms with van der Waals surface area (Å²) in [7, 11) is 0. The Morgan fingerprint density at radius 2 is 1.16 bits per heavy atom. The van der Waals surface area contributed by atoms with E-state index >= 15 is 0 Å². The van der Waals surface area contributed by atoms with Crippen LogP contribution in [-0.4, -0.2) is 31.3 Å². The average Bonchev–Trinajstić information content (AvgIpc) is 2.53. The number of carbonyl (C=O) groups excluding carboxylic acids is 1. The van der Waals surface area contributed by atoms with Crippen LogP contribution in [-0.2, 0) is 4.74 Å². The summed E-state index contributed by atoms with van der Waals surface area (Å²) in [5.74, 6) is 0. The van der Waals surface area contributed by atoms with Crippen LogP contribution >= 0.6 is 0 Å². The Labute approximate surface area is 156 Å². The maximum atomic E-state index is 11.5. The van der Waals surface area contributed by atoms with Gasteiger partial charge < -0.3 is 15.4 Å². The molecule has 4 heteroatoms. The Morgan fingerprint density at radius 1 is 0.720 bits per heavy atom. The van der Waals surface area contributed by atoms with Gasteiger partial charge in [-0.05, 0) is 53.1 Å². The van der Waals surface area contributed by atoms with Crippen LogP contribution in [0.1, 0.15) is 105 Å². The molecule has 0 aromatic carbocycles. The molecule has 0 atom stereocenters. The van der Waals surface area contributed by atoms with Crippen molar-refractivity contribution in [2.75, 3.05) is 19.6 Å². The SMILES string of the molecule is CCCCCCCCCCNCCCCCCNC(=O)OC(C)(C)C. The summed E-state index contributed by atoms with van der Waals surface area (Å²) >= 11 is 0. The van der Waals surface area contributed by atoms with Crippen molar-refractivity contribution in [3.8, 4) is 0 Å². The van der Waals surface area contributed by atoms with Gasteiger partial charge in [-0.2, -0.15) is 0 Å². The number of amides is 1. The third-order valence-electron chi connectivity index (χ3n) is 4.16. The number of hydrogen-bond donors (Lipinski definition) is 2. The standard InChI is InChI=1S/C21H44N2O2/c1-5-6-7-8-9-10-11-14-17-22-18-15-12-13-16-19-23-20(24)25-21(2,3)4/h22H,5-19H2,1-4H3,(H,23,24). The molecular formula is C21H44N2O2. The molecule has 0 aliphatic heterocycles. The maximum absolute atomic E-state index is 11.5. The molecule has 25 heavy (non-hydrogen) atoms. The van der Waals surface area contributed by atoms with Crippen molar-refractivity contribution in [2.45, 2.75) is 110 Å². The van der Waals surface area contributed by atoms with Crippen LogP contribution in [0.5, 0.6) is 0 Å². The van der Waals surface area contributed by atoms with Gasteiger partial charge in [-0.1, -0.05) is 64.7 Å². The number of unbranched alkanes of at least 4 members (excludes halogenated alkanes) is 10. The molecular weight excluding hydrogens is 312 g/mol. The number of rotatable bonds is 16. The highest BCUT2D eigenvalue weighted by Gasteiger charge is 2.15. The summed E-state index contributed by atoms with van der Waals surface area (Å²) in [5, 5.41) is 6.35. The molecule has 150 valence electrons. The van der Waals surface area contributed by atoms with E-state index in [-0.39, 0.29) is 6.09 Å². The molecule has 2 N–H and O–H groups in total. The average molecular weight is 357 g/mol. The first-order valence-corrected chi connectivity index (χ1v) is 10.6. The van der Waals surface area contributed by atoms with E-state index in [2.05, 4.69) is 17.6 Å². The van der Waals surface area contributed by atoms with Gasteiger partial charge in [0.15, 0.2) is 0 Å². The second-order valence-corrected chi connectivity index (χ2v) is 8.07. The largest absolute Gasteiger partial charge is 0.444 e. The number of ether oxygens (including phenoxy) is 1. The zero-order valence-corrected chi connectivity index (χ0v) is 17.4. The Kier molecular flexibility index (Phi) is 16.2. The van der Waals surface area contributed by atoms with Crippen molar-refractivity contribution in [1.82, 2.24) is 10.6 Å². The minimum Gasteiger partial charge on any atom is -0.444 e. The van der Waals surface area contributed by atoms with Gasteiger partial charge in [0.2, 0.25) is 0 Å². The minimum atomic E-state index is -0.412. The van der Waals surface area contributed by atoms with Crippen LogP contribution in [0.15, 0.2) is 0 Å². The highest BCUT2D eigenvalue weighted by Crippen LogP contribution is 2.08. The molecule has 0 heterocycles. The Morgan fingerprint density at radius 3 is 1.64 bits per heavy atom. The molecule has 0 radical (unpaired) electrons. The molecule has 0 spiro atoms. The molecule has 4 nitrogen and oxygen atoms in total. The van der Waals surface area contributed by atoms with E-state index < -0.39 is 5.60 Å². The van der Waals surface area contributed by atoms with Gasteiger partial charge >= 0.3 is 6.09 Å². The minimum absolute atomic E-state index is 0.306. The molecule has 0 saturated heterocycles. The Hall–Kier alpha value is -0.770. The van der Waals surface area contributed by atoms with Gasteiger partial charge in [-0.3, -0.25) is 0 Å². The Balaban J connectivity index is 3.13. The van der Waals surface area contributed by atoms with Crippen LogP contribution < -0.4 is 10.6 Å². The van der Waals surface area contributed by atoms with Crippen LogP contribution in [0.3, 0.4) is 0 Å². The van der Waals surface area contributed by atoms with E-state index in [4.69, 9.17) is 4.74 Å². The van der Waals surface area contributed by atoms with Gasteiger partial charge in [-0.15, -0.1) is 0 Å². The molecule has 0 aliphatic rings. The van der Waals surface area contributed by atoms with E-state index in [1.54, 1.807) is 0 Å². The summed E-state index contributed by atoms with van der Waals surface area (Å²) in [6.45, 7) is 10.9. The van der Waals surface area contributed by atoms with Crippen LogP contribution in [0.2, 0.25) is 0 Å². The van der Waals surface area contributed by atoms with E-state index in [9.17, 15) is 4.79 Å². The first-order valence-electron chi connectivity index (χ1n) is 10.6. The highest BCUT2D eigenvalue weighted by molar-refractivity contribution is 5.67. The molecule has 0 aromatic heterocycles. The fraction of sp³-hybridized carbons (Fsp3) is 0.952. The van der Waals surface area contributed by atoms with Gasteiger partial charge in [0.1, 0.15) is 5.60 Å². The van der Waals surface area contributed by atoms with Gasteiger partial charge in [0.05, 0.1) is 0 Å². The van der Waals surface area contributed by atoms with Crippen molar-refractivity contribution >= 4 is 6.09 Å². The smallest absolute Gasteiger partial charge is 0.407 e. The summed E-state index contributed by atoms with van der Waals surface area (Å²) in [6, 6.07) is 0. The van der Waals surface area contributed by atoms with Gasteiger partial charge in [-0.25, -0.2) is 4.79 Å². The molecule has 0 unspecified atom stereocenters. The van der Waals surface area contributed by atoms with Crippen molar-refractivity contribution in [1.29, 1.82) is 0 Å². The lowest BCUT2D eigenvalue weighted by molar-refractivity contribution is 0.0527. The second-order valence-electron chi connectivity index (χ2n) is 8.07. The van der Waals surface area contributed by atoms with Gasteiger partial charge in [0.25, 0.3) is 0 Å². The zero-order chi connectivity index (χ0) is 18.8. The predicted molar refractivity (Wildman–Crippen MR) is 108 cm³/mol. The van der Waals surface area contributed by atoms with Crippen LogP contribution in [0.4, 0.5) is 4.79 Å². The third-order valence-corrected chi connectivity index (χ3v) is 4.16. The first kappa shape index (κ1) is 24.2. The van der Waals surface area contributed by atoms with E-state index in [1.165, 1.54) is 64.2 Å². The summed E-state index contributed by atoms with van der Waals surface area (Å²) in [6.07, 6.45) is 15.4. The zero-order valence-electron chi connectivity index (χ0n) is 17.4. The molecule has 0 saturated carbocycles. The predicted octanol–water partition coefficient (Wildman–Crippen LogP) is 5.80. The summed E-state index contributed by atoms with van der Waals surface area (Å²) in [4.78, 5) is 11.5. The van der Waals surface area contributed by atoms with E-state index in [1.807, 2.05) is 20.8 Å². The normalized spacial score (nSPS) is 11.5. The summed E-state index contributed by atoms with van der Waals surface area (Å²) < 4.78 is 5.20. The van der Waals surface area contributed by atoms with Crippen LogP contribution in [0, 0.1) is 0 Å². The topological polar surface area (TPSA) is 50.4 Å². The number of hydrogen-bond acceptors (Lipinski definition) is 3. The van der Waals surface area contributed by atoms with Crippen molar-refractivity contribution in [3.63, 3.8) is 0 Å². The quantitative estimate of drug-likeness (QED) is 0.343. The fourth-order valence-electron chi connectivity index (χ4n) is 2.74. The number of alkyl carbamates (subject to hydrolysis) is 1. The van der Waals surface area contributed by atoms with Crippen molar-refractivity contribution < 1.29 is 9.53 Å². The molecule has 0 rings (SSSR count). The van der Waals surface area contributed by atoms with Crippen LogP contribution in [0.25, 0.3) is 0 Å². The molecule has 0 bridgehead atoms. The molecule has 0 aliphatic carbocycles. The lowest BCUT2D eigenvalue weighted by Gasteiger charge is -2.19. The molecule has 0 aromatic rings. The van der Waals surface area contributed by atoms with Crippen molar-refractivity contribution in [2.24, 2.45) is 0 Å². The van der Waals surface area contributed by atoms with Crippen molar-refractivity contribution in [3.05, 3.63) is 0 Å². The third kappa shape index (κ3) is 21.2. The van der Waals surface area contributed by atoms with E-state index in [0.29, 0.717) is 6.54 Å². The Bertz CT molecular complexity index is 301. The fourth-order valence-corrected chi connectivity index (χ4v) is 2.74. The number of nitrogens with one attached hydrogen (secondary N) is 2. The summed E-state index contributed by atoms with van der Waals surface area (Å²) in [5.41, 5.74) is -0.412. The van der Waals surface area contributed by atoms with Gasteiger partial charge in [0, 0.05) is 6.54 Å². The molecule has 1 amide bonds.